The maximum absolute atomic E-state index is 14.0. The Kier molecular flexibility index (Phi) is 5.42. The highest BCUT2D eigenvalue weighted by Gasteiger charge is 2.43. The highest BCUT2D eigenvalue weighted by molar-refractivity contribution is 6.05. The molecule has 1 saturated carbocycles. The van der Waals surface area contributed by atoms with E-state index in [1.807, 2.05) is 30.3 Å². The third-order valence-electron chi connectivity index (χ3n) is 5.73. The minimum absolute atomic E-state index is 0.0235. The van der Waals surface area contributed by atoms with Gasteiger partial charge in [0.15, 0.2) is 11.5 Å². The molecule has 1 heterocycles. The molecule has 0 unspecified atom stereocenters. The monoisotopic (exact) mass is 451 g/mol. The number of ether oxygens (including phenoxy) is 3. The van der Waals surface area contributed by atoms with Crippen LogP contribution < -0.4 is 14.2 Å². The second-order valence-corrected chi connectivity index (χ2v) is 7.77. The summed E-state index contributed by atoms with van der Waals surface area (Å²) in [5.41, 5.74) is 1.96. The summed E-state index contributed by atoms with van der Waals surface area (Å²) in [6.07, 6.45) is 0.785. The lowest BCUT2D eigenvalue weighted by molar-refractivity contribution is 0.0510. The zero-order valence-electron chi connectivity index (χ0n) is 17.6. The van der Waals surface area contributed by atoms with E-state index in [9.17, 15) is 13.6 Å². The van der Waals surface area contributed by atoms with Crippen LogP contribution in [0.3, 0.4) is 0 Å². The number of carbonyl (C=O) groups excluding carboxylic acids is 1. The van der Waals surface area contributed by atoms with E-state index in [0.29, 0.717) is 29.0 Å². The van der Waals surface area contributed by atoms with Crippen LogP contribution in [0.5, 0.6) is 17.2 Å². The van der Waals surface area contributed by atoms with Gasteiger partial charge in [0.1, 0.15) is 17.4 Å². The van der Waals surface area contributed by atoms with E-state index < -0.39 is 23.2 Å². The Bertz CT molecular complexity index is 1240. The van der Waals surface area contributed by atoms with Crippen LogP contribution in [0.15, 0.2) is 65.8 Å². The Hall–Kier alpha value is -3.94. The molecule has 8 heteroatoms. The van der Waals surface area contributed by atoms with Crippen molar-refractivity contribution in [3.8, 4) is 17.2 Å². The molecule has 33 heavy (non-hydrogen) atoms. The third kappa shape index (κ3) is 4.24. The highest BCUT2D eigenvalue weighted by atomic mass is 19.1. The molecule has 5 rings (SSSR count). The summed E-state index contributed by atoms with van der Waals surface area (Å²) in [7, 11) is 1.57. The van der Waals surface area contributed by atoms with Gasteiger partial charge in [0.05, 0.1) is 18.4 Å². The maximum atomic E-state index is 14.0. The fourth-order valence-electron chi connectivity index (χ4n) is 3.90. The lowest BCUT2D eigenvalue weighted by Gasteiger charge is -2.09. The van der Waals surface area contributed by atoms with Crippen molar-refractivity contribution in [1.82, 2.24) is 0 Å². The van der Waals surface area contributed by atoms with Gasteiger partial charge in [0.25, 0.3) is 0 Å². The summed E-state index contributed by atoms with van der Waals surface area (Å²) < 4.78 is 43.2. The second-order valence-electron chi connectivity index (χ2n) is 7.77. The average molecular weight is 451 g/mol. The largest absolute Gasteiger partial charge is 0.497 e. The number of hydrogen-bond donors (Lipinski definition) is 0. The van der Waals surface area contributed by atoms with Gasteiger partial charge in [-0.05, 0) is 72.0 Å². The zero-order valence-corrected chi connectivity index (χ0v) is 17.6. The fourth-order valence-corrected chi connectivity index (χ4v) is 3.90. The van der Waals surface area contributed by atoms with Crippen molar-refractivity contribution >= 4 is 11.7 Å². The summed E-state index contributed by atoms with van der Waals surface area (Å²) in [4.78, 5) is 17.5. The number of benzene rings is 3. The molecule has 0 spiro atoms. The predicted octanol–water partition coefficient (Wildman–Crippen LogP) is 5.07. The fraction of sp³-hybridized carbons (Fsp3) is 0.200. The van der Waals surface area contributed by atoms with E-state index in [-0.39, 0.29) is 18.6 Å². The SMILES string of the molecule is COc1ccc(/C(=N/OC(=O)c2ccc(F)cc2F)[C@@H]2C[C@@H]2c2ccc3c(c2)OCO3)cc1. The summed E-state index contributed by atoms with van der Waals surface area (Å²) in [6, 6.07) is 15.6. The minimum atomic E-state index is -1.01. The van der Waals surface area contributed by atoms with E-state index in [1.165, 1.54) is 0 Å². The third-order valence-corrected chi connectivity index (χ3v) is 5.73. The molecular formula is C25H19F2NO5. The van der Waals surface area contributed by atoms with Crippen molar-refractivity contribution in [2.45, 2.75) is 12.3 Å². The average Bonchev–Trinajstić information content (AvgIpc) is 3.46. The molecule has 3 aromatic rings. The van der Waals surface area contributed by atoms with Crippen molar-refractivity contribution < 1.29 is 32.6 Å². The van der Waals surface area contributed by atoms with Crippen molar-refractivity contribution in [2.24, 2.45) is 11.1 Å². The Balaban J connectivity index is 1.41. The Morgan fingerprint density at radius 1 is 1.00 bits per heavy atom. The van der Waals surface area contributed by atoms with E-state index in [0.717, 1.165) is 29.7 Å². The first-order valence-electron chi connectivity index (χ1n) is 10.3. The molecule has 2 atom stereocenters. The molecule has 0 radical (unpaired) electrons. The van der Waals surface area contributed by atoms with Gasteiger partial charge in [-0.25, -0.2) is 13.6 Å². The minimum Gasteiger partial charge on any atom is -0.497 e. The summed E-state index contributed by atoms with van der Waals surface area (Å²) in [5.74, 6) is -0.604. The molecule has 1 aliphatic carbocycles. The standard InChI is InChI=1S/C25H19F2NO5/c1-30-17-6-2-14(3-7-17)24(28-33-25(29)18-8-5-16(26)11-21(18)27)20-12-19(20)15-4-9-22-23(10-15)32-13-31-22/h2-11,19-20H,12-13H2,1H3/b28-24-/t19-,20-/m1/s1. The second kappa shape index (κ2) is 8.54. The highest BCUT2D eigenvalue weighted by Crippen LogP contribution is 2.51. The van der Waals surface area contributed by atoms with Gasteiger partial charge in [-0.15, -0.1) is 0 Å². The van der Waals surface area contributed by atoms with Gasteiger partial charge in [0.2, 0.25) is 6.79 Å². The Morgan fingerprint density at radius 3 is 2.55 bits per heavy atom. The van der Waals surface area contributed by atoms with Crippen molar-refractivity contribution in [1.29, 1.82) is 0 Å². The summed E-state index contributed by atoms with van der Waals surface area (Å²) >= 11 is 0. The molecule has 0 bridgehead atoms. The molecule has 3 aromatic carbocycles. The van der Waals surface area contributed by atoms with Crippen LogP contribution >= 0.6 is 0 Å². The van der Waals surface area contributed by atoms with Crippen LogP contribution in [0, 0.1) is 17.6 Å². The number of fused-ring (bicyclic) bond motifs is 1. The number of carbonyl (C=O) groups is 1. The van der Waals surface area contributed by atoms with Crippen molar-refractivity contribution in [3.63, 3.8) is 0 Å². The molecule has 0 saturated heterocycles. The van der Waals surface area contributed by atoms with Gasteiger partial charge < -0.3 is 19.0 Å². The van der Waals surface area contributed by atoms with Gasteiger partial charge in [-0.2, -0.15) is 0 Å². The molecule has 1 aliphatic heterocycles. The van der Waals surface area contributed by atoms with Crippen LogP contribution in [0.2, 0.25) is 0 Å². The molecule has 0 N–H and O–H groups in total. The normalized spacial score (nSPS) is 18.7. The smallest absolute Gasteiger partial charge is 0.368 e. The number of methoxy groups -OCH3 is 1. The van der Waals surface area contributed by atoms with E-state index in [2.05, 4.69) is 5.16 Å². The van der Waals surface area contributed by atoms with Crippen LogP contribution in [0.25, 0.3) is 0 Å². The van der Waals surface area contributed by atoms with Crippen LogP contribution in [-0.2, 0) is 4.84 Å². The maximum Gasteiger partial charge on any atom is 0.368 e. The van der Waals surface area contributed by atoms with Crippen LogP contribution in [0.1, 0.15) is 33.8 Å². The summed E-state index contributed by atoms with van der Waals surface area (Å²) in [6.45, 7) is 0.196. The van der Waals surface area contributed by atoms with Gasteiger partial charge in [-0.1, -0.05) is 11.2 Å². The van der Waals surface area contributed by atoms with Crippen molar-refractivity contribution in [3.05, 3.63) is 89.0 Å². The molecule has 0 aromatic heterocycles. The van der Waals surface area contributed by atoms with E-state index in [1.54, 1.807) is 19.2 Å². The quantitative estimate of drug-likeness (QED) is 0.298. The molecule has 6 nitrogen and oxygen atoms in total. The molecular weight excluding hydrogens is 432 g/mol. The Morgan fingerprint density at radius 2 is 1.79 bits per heavy atom. The number of hydrogen-bond acceptors (Lipinski definition) is 6. The first-order chi connectivity index (χ1) is 16.0. The summed E-state index contributed by atoms with van der Waals surface area (Å²) in [5, 5.41) is 4.11. The predicted molar refractivity (Wildman–Crippen MR) is 115 cm³/mol. The van der Waals surface area contributed by atoms with E-state index >= 15 is 0 Å². The number of halogens is 2. The first kappa shape index (κ1) is 20.9. The number of nitrogens with zero attached hydrogens (tertiary/aromatic N) is 1. The Labute approximate surface area is 188 Å². The number of rotatable bonds is 6. The zero-order chi connectivity index (χ0) is 22.9. The lowest BCUT2D eigenvalue weighted by Crippen LogP contribution is -2.10. The van der Waals surface area contributed by atoms with Gasteiger partial charge in [-0.3, -0.25) is 0 Å². The topological polar surface area (TPSA) is 66.4 Å². The molecule has 1 fully saturated rings. The molecule has 2 aliphatic rings. The van der Waals surface area contributed by atoms with E-state index in [4.69, 9.17) is 19.0 Å². The van der Waals surface area contributed by atoms with Crippen LogP contribution in [-0.4, -0.2) is 25.6 Å². The van der Waals surface area contributed by atoms with Crippen LogP contribution in [0.4, 0.5) is 8.78 Å². The van der Waals surface area contributed by atoms with Crippen molar-refractivity contribution in [2.75, 3.05) is 13.9 Å². The van der Waals surface area contributed by atoms with Gasteiger partial charge >= 0.3 is 5.97 Å². The first-order valence-corrected chi connectivity index (χ1v) is 10.3. The number of oxime groups is 1. The molecule has 0 amide bonds. The molecule has 168 valence electrons. The lowest BCUT2D eigenvalue weighted by atomic mass is 10.0. The van der Waals surface area contributed by atoms with Gasteiger partial charge in [0, 0.05) is 12.0 Å².